The fraction of sp³-hybridized carbons (Fsp3) is 0.0714. The van der Waals surface area contributed by atoms with Crippen molar-refractivity contribution in [2.45, 2.75) is 6.92 Å². The molecule has 0 saturated carbocycles. The van der Waals surface area contributed by atoms with E-state index in [2.05, 4.69) is 4.74 Å². The molecule has 6 heteroatoms. The molecule has 0 aliphatic rings. The molecule has 0 aromatic heterocycles. The van der Waals surface area contributed by atoms with Gasteiger partial charge in [0.2, 0.25) is 0 Å². The Morgan fingerprint density at radius 3 is 2.10 bits per heavy atom. The maximum Gasteiger partial charge on any atom is 0.346 e. The molecular formula is C14H8F4O2. The Bertz CT molecular complexity index is 660. The van der Waals surface area contributed by atoms with Crippen molar-refractivity contribution in [2.24, 2.45) is 0 Å². The second-order valence-electron chi connectivity index (χ2n) is 4.07. The molecule has 0 radical (unpaired) electrons. The molecule has 104 valence electrons. The van der Waals surface area contributed by atoms with Crippen molar-refractivity contribution >= 4 is 5.97 Å². The van der Waals surface area contributed by atoms with Crippen molar-refractivity contribution in [3.05, 3.63) is 64.7 Å². The molecule has 0 spiro atoms. The summed E-state index contributed by atoms with van der Waals surface area (Å²) in [7, 11) is 0. The van der Waals surface area contributed by atoms with E-state index < -0.39 is 35.0 Å². The van der Waals surface area contributed by atoms with Gasteiger partial charge in [0.05, 0.1) is 5.56 Å². The number of esters is 1. The Morgan fingerprint density at radius 2 is 1.55 bits per heavy atom. The molecule has 2 aromatic carbocycles. The van der Waals surface area contributed by atoms with Crippen molar-refractivity contribution in [2.75, 3.05) is 0 Å². The Kier molecular flexibility index (Phi) is 3.74. The molecule has 2 aromatic rings. The lowest BCUT2D eigenvalue weighted by Gasteiger charge is -2.06. The standard InChI is InChI=1S/C14H8F4O2/c1-7-2-3-9(10(15)4-7)14(19)20-8-5-11(16)13(18)12(17)6-8/h2-6H,1H3. The van der Waals surface area contributed by atoms with Crippen molar-refractivity contribution in [1.29, 1.82) is 0 Å². The Balaban J connectivity index is 2.28. The van der Waals surface area contributed by atoms with Crippen LogP contribution >= 0.6 is 0 Å². The predicted octanol–water partition coefficient (Wildman–Crippen LogP) is 3.77. The number of carbonyl (C=O) groups excluding carboxylic acids is 1. The number of aryl methyl sites for hydroxylation is 1. The van der Waals surface area contributed by atoms with Crippen LogP contribution < -0.4 is 4.74 Å². The van der Waals surface area contributed by atoms with Gasteiger partial charge in [0.15, 0.2) is 17.5 Å². The zero-order valence-corrected chi connectivity index (χ0v) is 10.2. The van der Waals surface area contributed by atoms with Crippen LogP contribution in [0.25, 0.3) is 0 Å². The predicted molar refractivity (Wildman–Crippen MR) is 62.4 cm³/mol. The van der Waals surface area contributed by atoms with Crippen LogP contribution in [0.2, 0.25) is 0 Å². The first kappa shape index (κ1) is 14.0. The largest absolute Gasteiger partial charge is 0.423 e. The second-order valence-corrected chi connectivity index (χ2v) is 4.07. The van der Waals surface area contributed by atoms with Gasteiger partial charge in [-0.05, 0) is 24.6 Å². The average molecular weight is 284 g/mol. The maximum absolute atomic E-state index is 13.5. The van der Waals surface area contributed by atoms with Crippen LogP contribution in [0.1, 0.15) is 15.9 Å². The van der Waals surface area contributed by atoms with Gasteiger partial charge in [-0.25, -0.2) is 22.4 Å². The molecular weight excluding hydrogens is 276 g/mol. The Labute approximate surface area is 111 Å². The third-order valence-electron chi connectivity index (χ3n) is 2.51. The number of hydrogen-bond donors (Lipinski definition) is 0. The molecule has 0 fully saturated rings. The van der Waals surface area contributed by atoms with Gasteiger partial charge in [-0.15, -0.1) is 0 Å². The lowest BCUT2D eigenvalue weighted by atomic mass is 10.1. The van der Waals surface area contributed by atoms with Gasteiger partial charge in [0, 0.05) is 12.1 Å². The topological polar surface area (TPSA) is 26.3 Å². The third-order valence-corrected chi connectivity index (χ3v) is 2.51. The lowest BCUT2D eigenvalue weighted by molar-refractivity contribution is 0.0728. The summed E-state index contributed by atoms with van der Waals surface area (Å²) in [5.41, 5.74) is 0.207. The summed E-state index contributed by atoms with van der Waals surface area (Å²) >= 11 is 0. The van der Waals surface area contributed by atoms with Gasteiger partial charge in [0.25, 0.3) is 0 Å². The number of rotatable bonds is 2. The van der Waals surface area contributed by atoms with Crippen LogP contribution in [0.4, 0.5) is 17.6 Å². The van der Waals surface area contributed by atoms with Gasteiger partial charge in [0.1, 0.15) is 11.6 Å². The van der Waals surface area contributed by atoms with E-state index in [9.17, 15) is 22.4 Å². The molecule has 0 amide bonds. The minimum Gasteiger partial charge on any atom is -0.423 e. The SMILES string of the molecule is Cc1ccc(C(=O)Oc2cc(F)c(F)c(F)c2)c(F)c1. The van der Waals surface area contributed by atoms with E-state index >= 15 is 0 Å². The van der Waals surface area contributed by atoms with E-state index in [0.717, 1.165) is 6.07 Å². The Morgan fingerprint density at radius 1 is 0.950 bits per heavy atom. The number of hydrogen-bond acceptors (Lipinski definition) is 2. The van der Waals surface area contributed by atoms with Crippen LogP contribution in [0, 0.1) is 30.2 Å². The summed E-state index contributed by atoms with van der Waals surface area (Å²) in [4.78, 5) is 11.7. The third kappa shape index (κ3) is 2.79. The molecule has 0 saturated heterocycles. The van der Waals surface area contributed by atoms with E-state index in [4.69, 9.17) is 0 Å². The van der Waals surface area contributed by atoms with E-state index in [-0.39, 0.29) is 5.56 Å². The first-order chi connectivity index (χ1) is 9.38. The number of ether oxygens (including phenoxy) is 1. The monoisotopic (exact) mass is 284 g/mol. The van der Waals surface area contributed by atoms with Crippen molar-refractivity contribution < 1.29 is 27.1 Å². The van der Waals surface area contributed by atoms with Crippen molar-refractivity contribution in [3.8, 4) is 5.75 Å². The van der Waals surface area contributed by atoms with E-state index in [1.165, 1.54) is 12.1 Å². The molecule has 20 heavy (non-hydrogen) atoms. The highest BCUT2D eigenvalue weighted by Crippen LogP contribution is 2.21. The molecule has 0 aliphatic heterocycles. The summed E-state index contributed by atoms with van der Waals surface area (Å²) in [6.45, 7) is 1.63. The highest BCUT2D eigenvalue weighted by Gasteiger charge is 2.17. The number of carbonyl (C=O) groups is 1. The summed E-state index contributed by atoms with van der Waals surface area (Å²) in [5.74, 6) is -7.18. The maximum atomic E-state index is 13.5. The molecule has 2 nitrogen and oxygen atoms in total. The molecule has 0 heterocycles. The average Bonchev–Trinajstić information content (AvgIpc) is 2.35. The zero-order valence-electron chi connectivity index (χ0n) is 10.2. The summed E-state index contributed by atoms with van der Waals surface area (Å²) in [6, 6.07) is 4.78. The zero-order chi connectivity index (χ0) is 14.9. The fourth-order valence-electron chi connectivity index (χ4n) is 1.54. The number of halogens is 4. The first-order valence-electron chi connectivity index (χ1n) is 5.51. The summed E-state index contributed by atoms with van der Waals surface area (Å²) in [5, 5.41) is 0. The van der Waals surface area contributed by atoms with E-state index in [0.29, 0.717) is 17.7 Å². The van der Waals surface area contributed by atoms with Gasteiger partial charge >= 0.3 is 5.97 Å². The highest BCUT2D eigenvalue weighted by molar-refractivity contribution is 5.91. The van der Waals surface area contributed by atoms with Crippen LogP contribution in [-0.4, -0.2) is 5.97 Å². The van der Waals surface area contributed by atoms with Gasteiger partial charge in [-0.2, -0.15) is 0 Å². The van der Waals surface area contributed by atoms with Gasteiger partial charge in [-0.3, -0.25) is 0 Å². The smallest absolute Gasteiger partial charge is 0.346 e. The minimum absolute atomic E-state index is 0.388. The lowest BCUT2D eigenvalue weighted by Crippen LogP contribution is -2.11. The van der Waals surface area contributed by atoms with Crippen molar-refractivity contribution in [1.82, 2.24) is 0 Å². The van der Waals surface area contributed by atoms with Crippen molar-refractivity contribution in [3.63, 3.8) is 0 Å². The summed E-state index contributed by atoms with van der Waals surface area (Å²) in [6.07, 6.45) is 0. The molecule has 0 aliphatic carbocycles. The van der Waals surface area contributed by atoms with E-state index in [1.54, 1.807) is 6.92 Å². The highest BCUT2D eigenvalue weighted by atomic mass is 19.2. The number of benzene rings is 2. The second kappa shape index (κ2) is 5.32. The normalized spacial score (nSPS) is 10.4. The van der Waals surface area contributed by atoms with E-state index in [1.807, 2.05) is 0 Å². The van der Waals surface area contributed by atoms with Crippen LogP contribution in [0.15, 0.2) is 30.3 Å². The Hall–Kier alpha value is -2.37. The first-order valence-corrected chi connectivity index (χ1v) is 5.51. The molecule has 0 atom stereocenters. The van der Waals surface area contributed by atoms with Crippen LogP contribution in [-0.2, 0) is 0 Å². The van der Waals surface area contributed by atoms with Crippen LogP contribution in [0.3, 0.4) is 0 Å². The fourth-order valence-corrected chi connectivity index (χ4v) is 1.54. The summed E-state index contributed by atoms with van der Waals surface area (Å²) < 4.78 is 56.7. The van der Waals surface area contributed by atoms with Gasteiger partial charge < -0.3 is 4.74 Å². The quantitative estimate of drug-likeness (QED) is 0.363. The van der Waals surface area contributed by atoms with Gasteiger partial charge in [-0.1, -0.05) is 6.07 Å². The molecule has 0 unspecified atom stereocenters. The van der Waals surface area contributed by atoms with Crippen LogP contribution in [0.5, 0.6) is 5.75 Å². The molecule has 2 rings (SSSR count). The molecule has 0 bridgehead atoms. The minimum atomic E-state index is -1.67. The molecule has 0 N–H and O–H groups in total.